The summed E-state index contributed by atoms with van der Waals surface area (Å²) in [7, 11) is -3.65. The summed E-state index contributed by atoms with van der Waals surface area (Å²) in [6.45, 7) is 6.62. The monoisotopic (exact) mass is 524 g/mol. The quantitative estimate of drug-likeness (QED) is 0.642. The number of nitrogens with zero attached hydrogens (tertiary/aromatic N) is 3. The van der Waals surface area contributed by atoms with Crippen LogP contribution in [0.5, 0.6) is 0 Å². The third-order valence-electron chi connectivity index (χ3n) is 6.91. The maximum absolute atomic E-state index is 13.3. The van der Waals surface area contributed by atoms with Crippen LogP contribution in [-0.2, 0) is 21.0 Å². The van der Waals surface area contributed by atoms with Gasteiger partial charge in [0, 0.05) is 63.6 Å². The summed E-state index contributed by atoms with van der Waals surface area (Å²) in [5.41, 5.74) is 1.07. The van der Waals surface area contributed by atoms with Crippen LogP contribution in [0.15, 0.2) is 47.4 Å². The molecule has 11 heteroatoms. The topological polar surface area (TPSA) is 73.0 Å². The number of piperazine rings is 1. The molecule has 2 aromatic rings. The molecule has 0 spiro atoms. The lowest BCUT2D eigenvalue weighted by Crippen LogP contribution is -2.53. The molecule has 1 N–H and O–H groups in total. The van der Waals surface area contributed by atoms with Gasteiger partial charge >= 0.3 is 6.18 Å². The summed E-state index contributed by atoms with van der Waals surface area (Å²) < 4.78 is 67.2. The molecule has 2 aliphatic heterocycles. The van der Waals surface area contributed by atoms with Crippen LogP contribution in [-0.4, -0.2) is 68.8 Å². The second-order valence-electron chi connectivity index (χ2n) is 9.37. The normalized spacial score (nSPS) is 18.9. The van der Waals surface area contributed by atoms with Gasteiger partial charge in [0.2, 0.25) is 15.9 Å². The van der Waals surface area contributed by atoms with E-state index in [1.54, 1.807) is 25.1 Å². The van der Waals surface area contributed by atoms with Gasteiger partial charge in [-0.15, -0.1) is 0 Å². The Labute approximate surface area is 209 Å². The van der Waals surface area contributed by atoms with E-state index in [-0.39, 0.29) is 16.8 Å². The fourth-order valence-electron chi connectivity index (χ4n) is 5.03. The molecule has 7 nitrogen and oxygen atoms in total. The Hall–Kier alpha value is -2.63. The van der Waals surface area contributed by atoms with Crippen molar-refractivity contribution in [3.05, 3.63) is 53.6 Å². The van der Waals surface area contributed by atoms with Gasteiger partial charge in [-0.2, -0.15) is 17.5 Å². The van der Waals surface area contributed by atoms with Crippen molar-refractivity contribution in [3.8, 4) is 0 Å². The van der Waals surface area contributed by atoms with Crippen LogP contribution in [0.4, 0.5) is 24.5 Å². The van der Waals surface area contributed by atoms with Gasteiger partial charge in [0.15, 0.2) is 0 Å². The van der Waals surface area contributed by atoms with Crippen molar-refractivity contribution in [2.24, 2.45) is 0 Å². The second kappa shape index (κ2) is 10.4. The Balaban J connectivity index is 1.33. The van der Waals surface area contributed by atoms with Crippen molar-refractivity contribution in [1.82, 2.24) is 9.21 Å². The standard InChI is InChI=1S/C25H31F3N4O3S/c1-18-16-21(29-19(2)33)6-7-24(18)36(34,35)32-10-8-22(9-11-32)30-12-14-31(15-13-30)23-5-3-4-20(17-23)25(26,27)28/h3-7,16-17,22H,8-15H2,1-2H3,(H,29,33). The largest absolute Gasteiger partial charge is 0.416 e. The second-order valence-corrected chi connectivity index (χ2v) is 11.3. The number of nitrogens with one attached hydrogen (secondary N) is 1. The van der Waals surface area contributed by atoms with Crippen LogP contribution in [0.3, 0.4) is 0 Å². The number of piperidine rings is 1. The lowest BCUT2D eigenvalue weighted by Gasteiger charge is -2.43. The molecule has 0 bridgehead atoms. The first-order valence-electron chi connectivity index (χ1n) is 12.0. The molecule has 0 saturated carbocycles. The van der Waals surface area contributed by atoms with E-state index in [0.29, 0.717) is 56.0 Å². The molecule has 2 aliphatic rings. The lowest BCUT2D eigenvalue weighted by atomic mass is 10.0. The average molecular weight is 525 g/mol. The summed E-state index contributed by atoms with van der Waals surface area (Å²) in [6.07, 6.45) is -2.96. The summed E-state index contributed by atoms with van der Waals surface area (Å²) >= 11 is 0. The summed E-state index contributed by atoms with van der Waals surface area (Å²) in [4.78, 5) is 15.8. The fraction of sp³-hybridized carbons (Fsp3) is 0.480. The van der Waals surface area contributed by atoms with E-state index in [2.05, 4.69) is 10.2 Å². The zero-order valence-electron chi connectivity index (χ0n) is 20.4. The average Bonchev–Trinajstić information content (AvgIpc) is 2.83. The Morgan fingerprint density at radius 3 is 2.22 bits per heavy atom. The molecule has 2 saturated heterocycles. The van der Waals surface area contributed by atoms with E-state index in [1.807, 2.05) is 4.90 Å². The van der Waals surface area contributed by atoms with Gasteiger partial charge in [-0.05, 0) is 61.7 Å². The predicted octanol–water partition coefficient (Wildman–Crippen LogP) is 3.95. The van der Waals surface area contributed by atoms with Crippen molar-refractivity contribution in [3.63, 3.8) is 0 Å². The molecule has 36 heavy (non-hydrogen) atoms. The molecule has 2 heterocycles. The van der Waals surface area contributed by atoms with Crippen LogP contribution in [0, 0.1) is 6.92 Å². The predicted molar refractivity (Wildman–Crippen MR) is 132 cm³/mol. The molecule has 0 radical (unpaired) electrons. The number of benzene rings is 2. The van der Waals surface area contributed by atoms with Gasteiger partial charge in [-0.3, -0.25) is 9.69 Å². The molecule has 0 unspecified atom stereocenters. The van der Waals surface area contributed by atoms with Gasteiger partial charge in [0.1, 0.15) is 0 Å². The van der Waals surface area contributed by atoms with Crippen molar-refractivity contribution in [1.29, 1.82) is 0 Å². The van der Waals surface area contributed by atoms with E-state index < -0.39 is 21.8 Å². The number of alkyl halides is 3. The minimum atomic E-state index is -4.36. The van der Waals surface area contributed by atoms with Crippen LogP contribution >= 0.6 is 0 Å². The first-order chi connectivity index (χ1) is 16.9. The van der Waals surface area contributed by atoms with Crippen molar-refractivity contribution in [2.75, 3.05) is 49.5 Å². The molecular weight excluding hydrogens is 493 g/mol. The van der Waals surface area contributed by atoms with Crippen molar-refractivity contribution >= 4 is 27.3 Å². The minimum absolute atomic E-state index is 0.220. The maximum Gasteiger partial charge on any atom is 0.416 e. The van der Waals surface area contributed by atoms with Crippen molar-refractivity contribution in [2.45, 2.75) is 43.8 Å². The smallest absolute Gasteiger partial charge is 0.369 e. The highest BCUT2D eigenvalue weighted by atomic mass is 32.2. The number of anilines is 2. The van der Waals surface area contributed by atoms with Crippen LogP contribution in [0.1, 0.15) is 30.9 Å². The summed E-state index contributed by atoms with van der Waals surface area (Å²) in [5.74, 6) is -0.220. The molecule has 2 fully saturated rings. The first-order valence-corrected chi connectivity index (χ1v) is 13.4. The molecule has 4 rings (SSSR count). The number of hydrogen-bond acceptors (Lipinski definition) is 5. The highest BCUT2D eigenvalue weighted by molar-refractivity contribution is 7.89. The number of hydrogen-bond donors (Lipinski definition) is 1. The zero-order chi connectivity index (χ0) is 26.1. The van der Waals surface area contributed by atoms with Gasteiger partial charge in [-0.1, -0.05) is 6.07 Å². The Kier molecular flexibility index (Phi) is 7.63. The molecule has 0 atom stereocenters. The number of aryl methyl sites for hydroxylation is 1. The number of amides is 1. The zero-order valence-corrected chi connectivity index (χ0v) is 21.2. The molecule has 2 aromatic carbocycles. The number of carbonyl (C=O) groups excluding carboxylic acids is 1. The van der Waals surface area contributed by atoms with E-state index in [0.717, 1.165) is 19.2 Å². The van der Waals surface area contributed by atoms with Gasteiger partial charge in [-0.25, -0.2) is 8.42 Å². The van der Waals surface area contributed by atoms with Gasteiger partial charge < -0.3 is 10.2 Å². The molecule has 0 aliphatic carbocycles. The van der Waals surface area contributed by atoms with Gasteiger partial charge in [0.05, 0.1) is 10.5 Å². The van der Waals surface area contributed by atoms with Crippen LogP contribution in [0.25, 0.3) is 0 Å². The Bertz CT molecular complexity index is 1200. The summed E-state index contributed by atoms with van der Waals surface area (Å²) in [6, 6.07) is 10.5. The fourth-order valence-corrected chi connectivity index (χ4v) is 6.71. The Morgan fingerprint density at radius 2 is 1.64 bits per heavy atom. The number of sulfonamides is 1. The molecule has 0 aromatic heterocycles. The van der Waals surface area contributed by atoms with Gasteiger partial charge in [0.25, 0.3) is 0 Å². The highest BCUT2D eigenvalue weighted by Crippen LogP contribution is 2.32. The maximum atomic E-state index is 13.3. The van der Waals surface area contributed by atoms with Crippen LogP contribution in [0.2, 0.25) is 0 Å². The number of carbonyl (C=O) groups is 1. The van der Waals surface area contributed by atoms with E-state index in [4.69, 9.17) is 0 Å². The lowest BCUT2D eigenvalue weighted by molar-refractivity contribution is -0.137. The molecule has 196 valence electrons. The summed E-state index contributed by atoms with van der Waals surface area (Å²) in [5, 5.41) is 2.66. The molecule has 1 amide bonds. The van der Waals surface area contributed by atoms with E-state index >= 15 is 0 Å². The third kappa shape index (κ3) is 5.84. The van der Waals surface area contributed by atoms with E-state index in [1.165, 1.54) is 29.4 Å². The van der Waals surface area contributed by atoms with Crippen LogP contribution < -0.4 is 10.2 Å². The highest BCUT2D eigenvalue weighted by Gasteiger charge is 2.34. The Morgan fingerprint density at radius 1 is 0.972 bits per heavy atom. The van der Waals surface area contributed by atoms with Crippen molar-refractivity contribution < 1.29 is 26.4 Å². The third-order valence-corrected chi connectivity index (χ3v) is 8.96. The van der Waals surface area contributed by atoms with E-state index in [9.17, 15) is 26.4 Å². The number of rotatable bonds is 5. The first kappa shape index (κ1) is 26.4. The minimum Gasteiger partial charge on any atom is -0.369 e. The molecular formula is C25H31F3N4O3S. The SMILES string of the molecule is CC(=O)Nc1ccc(S(=O)(=O)N2CCC(N3CCN(c4cccc(C(F)(F)F)c4)CC3)CC2)c(C)c1. The number of halogens is 3.